The summed E-state index contributed by atoms with van der Waals surface area (Å²) in [5.74, 6) is 1.13. The zero-order chi connectivity index (χ0) is 31.8. The number of rotatable bonds is 2. The molecule has 0 unspecified atom stereocenters. The van der Waals surface area contributed by atoms with Gasteiger partial charge in [-0.25, -0.2) is 0 Å². The van der Waals surface area contributed by atoms with Crippen molar-refractivity contribution in [2.24, 2.45) is 0 Å². The van der Waals surface area contributed by atoms with E-state index in [1.54, 1.807) is 0 Å². The average molecular weight is 622 g/mol. The minimum Gasteiger partial charge on any atom is -0.306 e. The minimum absolute atomic E-state index is 1.13. The lowest BCUT2D eigenvalue weighted by atomic mass is 9.93. The van der Waals surface area contributed by atoms with E-state index in [4.69, 9.17) is 0 Å². The van der Waals surface area contributed by atoms with Crippen molar-refractivity contribution in [3.63, 3.8) is 0 Å². The summed E-state index contributed by atoms with van der Waals surface area (Å²) in [6.07, 6.45) is 0. The van der Waals surface area contributed by atoms with Gasteiger partial charge in [-0.1, -0.05) is 127 Å². The van der Waals surface area contributed by atoms with Crippen LogP contribution in [0.15, 0.2) is 164 Å². The number of para-hydroxylation sites is 5. The molecule has 49 heavy (non-hydrogen) atoms. The van der Waals surface area contributed by atoms with Crippen molar-refractivity contribution >= 4 is 92.3 Å². The van der Waals surface area contributed by atoms with Crippen LogP contribution in [0, 0.1) is 0 Å². The van der Waals surface area contributed by atoms with Gasteiger partial charge in [0.25, 0.3) is 0 Å². The Balaban J connectivity index is 1.46. The molecule has 0 saturated carbocycles. The number of hydrogen-bond acceptors (Lipinski definition) is 0. The third-order valence-corrected chi connectivity index (χ3v) is 10.9. The van der Waals surface area contributed by atoms with Gasteiger partial charge in [-0.3, -0.25) is 9.13 Å². The lowest BCUT2D eigenvalue weighted by Crippen LogP contribution is -2.04. The van der Waals surface area contributed by atoms with Crippen molar-refractivity contribution in [1.82, 2.24) is 13.5 Å². The van der Waals surface area contributed by atoms with E-state index >= 15 is 0 Å². The summed E-state index contributed by atoms with van der Waals surface area (Å²) in [4.78, 5) is 0. The second-order valence-electron chi connectivity index (χ2n) is 13.3. The Morgan fingerprint density at radius 2 is 0.959 bits per heavy atom. The first-order valence-corrected chi connectivity index (χ1v) is 17.0. The summed E-state index contributed by atoms with van der Waals surface area (Å²) in [7, 11) is 0. The molecule has 0 aliphatic rings. The van der Waals surface area contributed by atoms with Crippen molar-refractivity contribution in [2.75, 3.05) is 0 Å². The van der Waals surface area contributed by atoms with E-state index in [2.05, 4.69) is 177 Å². The average Bonchev–Trinajstić information content (AvgIpc) is 3.90. The molecule has 226 valence electrons. The zero-order valence-electron chi connectivity index (χ0n) is 26.4. The number of hydrogen-bond donors (Lipinski definition) is 0. The van der Waals surface area contributed by atoms with Crippen LogP contribution in [0.25, 0.3) is 104 Å². The highest BCUT2D eigenvalue weighted by Gasteiger charge is 2.27. The molecule has 0 aliphatic heterocycles. The standard InChI is InChI=1S/C46H27N3/c1-2-15-30(16-3-1)47-37-22-9-5-14-29(37)27-40(47)48-39-24-11-8-19-34(39)43-41-31-17-6-4-13-28(31)25-26-35(41)42-36-21-12-20-33-32-18-7-10-23-38(32)49(44(33)36)45(42)46(43)48/h1-27H. The van der Waals surface area contributed by atoms with Crippen LogP contribution in [0.3, 0.4) is 0 Å². The summed E-state index contributed by atoms with van der Waals surface area (Å²) < 4.78 is 7.56. The van der Waals surface area contributed by atoms with Crippen LogP contribution >= 0.6 is 0 Å². The highest BCUT2D eigenvalue weighted by molar-refractivity contribution is 6.41. The monoisotopic (exact) mass is 621 g/mol. The third kappa shape index (κ3) is 3.09. The van der Waals surface area contributed by atoms with Gasteiger partial charge in [-0.15, -0.1) is 0 Å². The van der Waals surface area contributed by atoms with Crippen molar-refractivity contribution < 1.29 is 0 Å². The lowest BCUT2D eigenvalue weighted by Gasteiger charge is -2.16. The van der Waals surface area contributed by atoms with Gasteiger partial charge >= 0.3 is 0 Å². The molecule has 0 bridgehead atoms. The maximum Gasteiger partial charge on any atom is 0.123 e. The first-order valence-electron chi connectivity index (χ1n) is 17.0. The molecular formula is C46H27N3. The second kappa shape index (κ2) is 9.06. The molecule has 3 heteroatoms. The van der Waals surface area contributed by atoms with Gasteiger partial charge in [0, 0.05) is 48.8 Å². The van der Waals surface area contributed by atoms with E-state index in [9.17, 15) is 0 Å². The van der Waals surface area contributed by atoms with Gasteiger partial charge in [0.1, 0.15) is 5.82 Å². The topological polar surface area (TPSA) is 14.3 Å². The molecule has 0 aliphatic carbocycles. The normalized spacial score (nSPS) is 12.5. The summed E-state index contributed by atoms with van der Waals surface area (Å²) in [6.45, 7) is 0. The fourth-order valence-corrected chi connectivity index (χ4v) is 9.05. The minimum atomic E-state index is 1.13. The quantitative estimate of drug-likeness (QED) is 0.171. The van der Waals surface area contributed by atoms with Crippen molar-refractivity contribution in [1.29, 1.82) is 0 Å². The van der Waals surface area contributed by atoms with Crippen LogP contribution in [-0.2, 0) is 0 Å². The molecule has 4 heterocycles. The highest BCUT2D eigenvalue weighted by Crippen LogP contribution is 2.50. The van der Waals surface area contributed by atoms with Crippen LogP contribution in [-0.4, -0.2) is 13.5 Å². The van der Waals surface area contributed by atoms with Gasteiger partial charge in [0.15, 0.2) is 0 Å². The van der Waals surface area contributed by atoms with Gasteiger partial charge in [0.05, 0.1) is 33.1 Å². The number of aromatic nitrogens is 3. The molecule has 0 radical (unpaired) electrons. The van der Waals surface area contributed by atoms with E-state index in [0.29, 0.717) is 0 Å². The zero-order valence-corrected chi connectivity index (χ0v) is 26.4. The predicted molar refractivity (Wildman–Crippen MR) is 207 cm³/mol. The Bertz CT molecular complexity index is 3320. The number of nitrogens with zero attached hydrogens (tertiary/aromatic N) is 3. The molecule has 0 amide bonds. The van der Waals surface area contributed by atoms with E-state index < -0.39 is 0 Å². The number of benzene rings is 8. The second-order valence-corrected chi connectivity index (χ2v) is 13.3. The SMILES string of the molecule is c1ccc(-n2c(-n3c4ccccc4c4c5c6ccccc6ccc5c5c6cccc7c8ccccc8n(c76)c5c43)cc3ccccc32)cc1. The maximum absolute atomic E-state index is 2.57. The lowest BCUT2D eigenvalue weighted by molar-refractivity contribution is 1.00. The van der Waals surface area contributed by atoms with Gasteiger partial charge in [0.2, 0.25) is 0 Å². The molecule has 8 aromatic carbocycles. The van der Waals surface area contributed by atoms with E-state index in [0.717, 1.165) is 11.5 Å². The molecule has 3 nitrogen and oxygen atoms in total. The van der Waals surface area contributed by atoms with E-state index in [-0.39, 0.29) is 0 Å². The van der Waals surface area contributed by atoms with E-state index in [1.165, 1.54) is 92.3 Å². The van der Waals surface area contributed by atoms with Crippen molar-refractivity contribution in [3.8, 4) is 11.5 Å². The molecule has 12 rings (SSSR count). The molecule has 0 atom stereocenters. The summed E-state index contributed by atoms with van der Waals surface area (Å²) in [5, 5.41) is 14.1. The van der Waals surface area contributed by atoms with Crippen LogP contribution in [0.2, 0.25) is 0 Å². The van der Waals surface area contributed by atoms with Crippen molar-refractivity contribution in [3.05, 3.63) is 164 Å². The molecular weight excluding hydrogens is 595 g/mol. The molecule has 4 aromatic heterocycles. The molecule has 0 saturated heterocycles. The summed E-state index contributed by atoms with van der Waals surface area (Å²) >= 11 is 0. The van der Waals surface area contributed by atoms with Gasteiger partial charge < -0.3 is 4.40 Å². The predicted octanol–water partition coefficient (Wildman–Crippen LogP) is 12.2. The van der Waals surface area contributed by atoms with Gasteiger partial charge in [-0.05, 0) is 52.6 Å². The Labute approximate surface area is 280 Å². The first kappa shape index (κ1) is 25.5. The van der Waals surface area contributed by atoms with Crippen LogP contribution < -0.4 is 0 Å². The van der Waals surface area contributed by atoms with Crippen molar-refractivity contribution in [2.45, 2.75) is 0 Å². The maximum atomic E-state index is 2.57. The Kier molecular flexibility index (Phi) is 4.72. The molecule has 0 N–H and O–H groups in total. The van der Waals surface area contributed by atoms with Gasteiger partial charge in [-0.2, -0.15) is 0 Å². The molecule has 0 fully saturated rings. The Morgan fingerprint density at radius 1 is 0.306 bits per heavy atom. The summed E-state index contributed by atoms with van der Waals surface area (Å²) in [6, 6.07) is 60.3. The largest absolute Gasteiger partial charge is 0.306 e. The fourth-order valence-electron chi connectivity index (χ4n) is 9.05. The molecule has 0 spiro atoms. The third-order valence-electron chi connectivity index (χ3n) is 10.9. The Morgan fingerprint density at radius 3 is 1.82 bits per heavy atom. The fraction of sp³-hybridized carbons (Fsp3) is 0. The number of fused-ring (bicyclic) bond motifs is 16. The van der Waals surface area contributed by atoms with E-state index in [1.807, 2.05) is 0 Å². The molecule has 12 aromatic rings. The smallest absolute Gasteiger partial charge is 0.123 e. The first-order chi connectivity index (χ1) is 24.4. The Hall–Kier alpha value is -6.58. The highest BCUT2D eigenvalue weighted by atomic mass is 15.2. The summed E-state index contributed by atoms with van der Waals surface area (Å²) in [5.41, 5.74) is 8.56. The van der Waals surface area contributed by atoms with Crippen LogP contribution in [0.4, 0.5) is 0 Å². The van der Waals surface area contributed by atoms with Crippen LogP contribution in [0.5, 0.6) is 0 Å². The van der Waals surface area contributed by atoms with Crippen LogP contribution in [0.1, 0.15) is 0 Å².